The fourth-order valence-corrected chi connectivity index (χ4v) is 3.22. The number of anilines is 2. The van der Waals surface area contributed by atoms with Crippen LogP contribution < -0.4 is 10.6 Å². The molecule has 32 heavy (non-hydrogen) atoms. The quantitative estimate of drug-likeness (QED) is 0.478. The van der Waals surface area contributed by atoms with E-state index in [1.807, 2.05) is 75.7 Å². The average molecular weight is 433 g/mol. The van der Waals surface area contributed by atoms with Crippen LogP contribution in [0.4, 0.5) is 11.8 Å². The summed E-state index contributed by atoms with van der Waals surface area (Å²) in [6, 6.07) is 10.0. The van der Waals surface area contributed by atoms with Crippen molar-refractivity contribution in [2.75, 3.05) is 10.6 Å². The fraction of sp³-hybridized carbons (Fsp3) is 0.348. The lowest BCUT2D eigenvalue weighted by molar-refractivity contribution is -0.123. The van der Waals surface area contributed by atoms with E-state index in [1.54, 1.807) is 10.9 Å². The largest absolute Gasteiger partial charge is 0.350 e. The Morgan fingerprint density at radius 1 is 1.09 bits per heavy atom. The zero-order chi connectivity index (χ0) is 22.9. The molecule has 1 aromatic carbocycles. The molecule has 0 unspecified atom stereocenters. The number of imidazole rings is 1. The van der Waals surface area contributed by atoms with E-state index in [1.165, 1.54) is 0 Å². The normalized spacial score (nSPS) is 11.7. The van der Waals surface area contributed by atoms with E-state index in [0.29, 0.717) is 42.0 Å². The molecule has 0 fully saturated rings. The minimum absolute atomic E-state index is 0.144. The molecular weight excluding hydrogens is 404 g/mol. The highest BCUT2D eigenvalue weighted by Gasteiger charge is 2.25. The number of nitrogens with one attached hydrogen (secondary N) is 2. The number of amides is 1. The number of rotatable bonds is 6. The third-order valence-corrected chi connectivity index (χ3v) is 5.01. The number of carbonyl (C=O) groups is 1. The molecule has 0 aliphatic carbocycles. The minimum atomic E-state index is -0.579. The van der Waals surface area contributed by atoms with Gasteiger partial charge in [0.25, 0.3) is 0 Å². The summed E-state index contributed by atoms with van der Waals surface area (Å²) in [6.07, 6.45) is 3.68. The molecule has 4 rings (SSSR count). The predicted octanol–water partition coefficient (Wildman–Crippen LogP) is 3.94. The smallest absolute Gasteiger partial charge is 0.233 e. The molecule has 0 aliphatic rings. The standard InChI is InChI=1S/C23H28N8O/c1-6-30-19-17(26-22(30)31-14-15(2)12-25-31)18(27-20(32)23(3,4)5)28-21(29-19)24-13-16-10-8-7-9-11-16/h7-12,14H,6,13H2,1-5H3,(H2,24,27,28,29,32). The number of hydrogen-bond donors (Lipinski definition) is 2. The van der Waals surface area contributed by atoms with Crippen molar-refractivity contribution in [3.05, 3.63) is 53.9 Å². The maximum atomic E-state index is 12.8. The third kappa shape index (κ3) is 4.32. The number of fused-ring (bicyclic) bond motifs is 1. The van der Waals surface area contributed by atoms with Gasteiger partial charge in [-0.1, -0.05) is 51.1 Å². The van der Waals surface area contributed by atoms with Gasteiger partial charge in [0.05, 0.1) is 6.20 Å². The van der Waals surface area contributed by atoms with Gasteiger partial charge < -0.3 is 10.6 Å². The van der Waals surface area contributed by atoms with Crippen LogP contribution in [-0.4, -0.2) is 35.2 Å². The summed E-state index contributed by atoms with van der Waals surface area (Å²) in [7, 11) is 0. The van der Waals surface area contributed by atoms with Crippen molar-refractivity contribution in [2.24, 2.45) is 5.41 Å². The van der Waals surface area contributed by atoms with Gasteiger partial charge in [-0.2, -0.15) is 15.1 Å². The zero-order valence-electron chi connectivity index (χ0n) is 19.0. The SMILES string of the molecule is CCn1c(-n2cc(C)cn2)nc2c(NC(=O)C(C)(C)C)nc(NCc3ccccc3)nc21. The van der Waals surface area contributed by atoms with E-state index >= 15 is 0 Å². The summed E-state index contributed by atoms with van der Waals surface area (Å²) in [5.41, 5.74) is 2.71. The topological polar surface area (TPSA) is 103 Å². The molecule has 9 nitrogen and oxygen atoms in total. The maximum absolute atomic E-state index is 12.8. The molecule has 3 heterocycles. The van der Waals surface area contributed by atoms with Crippen molar-refractivity contribution < 1.29 is 4.79 Å². The molecule has 1 amide bonds. The van der Waals surface area contributed by atoms with E-state index in [0.717, 1.165) is 11.1 Å². The Labute approximate surface area is 186 Å². The second kappa shape index (κ2) is 8.41. The minimum Gasteiger partial charge on any atom is -0.350 e. The number of aromatic nitrogens is 6. The lowest BCUT2D eigenvalue weighted by atomic mass is 9.96. The van der Waals surface area contributed by atoms with Crippen LogP contribution in [0.2, 0.25) is 0 Å². The second-order valence-corrected chi connectivity index (χ2v) is 8.73. The highest BCUT2D eigenvalue weighted by atomic mass is 16.2. The number of carbonyl (C=O) groups excluding carboxylic acids is 1. The Balaban J connectivity index is 1.81. The van der Waals surface area contributed by atoms with E-state index in [-0.39, 0.29) is 5.91 Å². The van der Waals surface area contributed by atoms with Crippen molar-refractivity contribution in [1.29, 1.82) is 0 Å². The second-order valence-electron chi connectivity index (χ2n) is 8.73. The number of benzene rings is 1. The van der Waals surface area contributed by atoms with Gasteiger partial charge in [0.1, 0.15) is 0 Å². The van der Waals surface area contributed by atoms with Crippen LogP contribution in [-0.2, 0) is 17.9 Å². The summed E-state index contributed by atoms with van der Waals surface area (Å²) in [6.45, 7) is 10.8. The van der Waals surface area contributed by atoms with E-state index in [4.69, 9.17) is 9.97 Å². The molecule has 9 heteroatoms. The molecule has 0 saturated carbocycles. The Morgan fingerprint density at radius 3 is 2.47 bits per heavy atom. The Bertz CT molecular complexity index is 1250. The molecule has 166 valence electrons. The Morgan fingerprint density at radius 2 is 1.84 bits per heavy atom. The van der Waals surface area contributed by atoms with Crippen molar-refractivity contribution in [3.63, 3.8) is 0 Å². The van der Waals surface area contributed by atoms with Crippen LogP contribution >= 0.6 is 0 Å². The first-order valence-corrected chi connectivity index (χ1v) is 10.7. The van der Waals surface area contributed by atoms with Crippen molar-refractivity contribution >= 4 is 28.8 Å². The summed E-state index contributed by atoms with van der Waals surface area (Å²) in [5.74, 6) is 1.27. The van der Waals surface area contributed by atoms with Crippen LogP contribution in [0, 0.1) is 12.3 Å². The molecule has 0 saturated heterocycles. The summed E-state index contributed by atoms with van der Waals surface area (Å²) in [5, 5.41) is 10.6. The van der Waals surface area contributed by atoms with Crippen molar-refractivity contribution in [3.8, 4) is 5.95 Å². The fourth-order valence-electron chi connectivity index (χ4n) is 3.22. The van der Waals surface area contributed by atoms with Crippen LogP contribution in [0.15, 0.2) is 42.7 Å². The summed E-state index contributed by atoms with van der Waals surface area (Å²) < 4.78 is 3.68. The third-order valence-electron chi connectivity index (χ3n) is 5.01. The van der Waals surface area contributed by atoms with E-state index in [2.05, 4.69) is 20.7 Å². The lowest BCUT2D eigenvalue weighted by Crippen LogP contribution is -2.28. The van der Waals surface area contributed by atoms with Gasteiger partial charge in [0.15, 0.2) is 17.0 Å². The Hall–Kier alpha value is -3.75. The molecule has 0 aliphatic heterocycles. The first kappa shape index (κ1) is 21.5. The number of hydrogen-bond acceptors (Lipinski definition) is 6. The molecule has 0 atom stereocenters. The molecule has 0 radical (unpaired) electrons. The van der Waals surface area contributed by atoms with Crippen molar-refractivity contribution in [1.82, 2.24) is 29.3 Å². The molecule has 2 N–H and O–H groups in total. The van der Waals surface area contributed by atoms with Gasteiger partial charge >= 0.3 is 0 Å². The van der Waals surface area contributed by atoms with Gasteiger partial charge in [-0.15, -0.1) is 0 Å². The first-order chi connectivity index (χ1) is 15.3. The van der Waals surface area contributed by atoms with E-state index in [9.17, 15) is 4.79 Å². The van der Waals surface area contributed by atoms with Gasteiger partial charge in [-0.05, 0) is 25.0 Å². The molecule has 3 aromatic heterocycles. The monoisotopic (exact) mass is 432 g/mol. The Kier molecular flexibility index (Phi) is 5.65. The van der Waals surface area contributed by atoms with Crippen molar-refractivity contribution in [2.45, 2.75) is 47.7 Å². The van der Waals surface area contributed by atoms with Gasteiger partial charge in [-0.25, -0.2) is 9.67 Å². The zero-order valence-corrected chi connectivity index (χ0v) is 19.0. The number of aryl methyl sites for hydroxylation is 2. The van der Waals surface area contributed by atoms with Crippen LogP contribution in [0.5, 0.6) is 0 Å². The highest BCUT2D eigenvalue weighted by Crippen LogP contribution is 2.27. The molecular formula is C23H28N8O. The van der Waals surface area contributed by atoms with Gasteiger partial charge in [0, 0.05) is 24.7 Å². The predicted molar refractivity (Wildman–Crippen MR) is 125 cm³/mol. The molecule has 0 bridgehead atoms. The van der Waals surface area contributed by atoms with Crippen LogP contribution in [0.1, 0.15) is 38.8 Å². The summed E-state index contributed by atoms with van der Waals surface area (Å²) in [4.78, 5) is 26.8. The molecule has 4 aromatic rings. The average Bonchev–Trinajstić information content (AvgIpc) is 3.35. The highest BCUT2D eigenvalue weighted by molar-refractivity contribution is 6.00. The van der Waals surface area contributed by atoms with E-state index < -0.39 is 5.41 Å². The van der Waals surface area contributed by atoms with Crippen LogP contribution in [0.25, 0.3) is 17.1 Å². The molecule has 0 spiro atoms. The van der Waals surface area contributed by atoms with Gasteiger partial charge in [0.2, 0.25) is 17.8 Å². The lowest BCUT2D eigenvalue weighted by Gasteiger charge is -2.17. The first-order valence-electron chi connectivity index (χ1n) is 10.7. The van der Waals surface area contributed by atoms with Gasteiger partial charge in [-0.3, -0.25) is 9.36 Å². The maximum Gasteiger partial charge on any atom is 0.233 e. The summed E-state index contributed by atoms with van der Waals surface area (Å²) >= 11 is 0. The number of nitrogens with zero attached hydrogens (tertiary/aromatic N) is 6. The van der Waals surface area contributed by atoms with Crippen LogP contribution in [0.3, 0.4) is 0 Å².